The summed E-state index contributed by atoms with van der Waals surface area (Å²) in [7, 11) is 0. The van der Waals surface area contributed by atoms with E-state index in [0.29, 0.717) is 43.2 Å². The summed E-state index contributed by atoms with van der Waals surface area (Å²) in [5.74, 6) is 0.410. The van der Waals surface area contributed by atoms with Gasteiger partial charge in [0.05, 0.1) is 13.2 Å². The Bertz CT molecular complexity index is 1260. The van der Waals surface area contributed by atoms with E-state index >= 15 is 0 Å². The van der Waals surface area contributed by atoms with E-state index in [-0.39, 0.29) is 11.7 Å². The van der Waals surface area contributed by atoms with Crippen LogP contribution < -0.4 is 10.2 Å². The van der Waals surface area contributed by atoms with Gasteiger partial charge in [-0.25, -0.2) is 9.97 Å². The minimum atomic E-state index is -0.342. The van der Waals surface area contributed by atoms with Gasteiger partial charge in [0.1, 0.15) is 11.1 Å². The molecule has 7 nitrogen and oxygen atoms in total. The topological polar surface area (TPSA) is 80.5 Å². The number of benzene rings is 2. The highest BCUT2D eigenvalue weighted by atomic mass is 16.5. The Morgan fingerprint density at radius 1 is 1.07 bits per heavy atom. The molecule has 0 radical (unpaired) electrons. The Labute approximate surface area is 173 Å². The van der Waals surface area contributed by atoms with Gasteiger partial charge in [0.15, 0.2) is 11.4 Å². The van der Waals surface area contributed by atoms with Gasteiger partial charge < -0.3 is 19.4 Å². The molecule has 1 amide bonds. The highest BCUT2D eigenvalue weighted by Gasteiger charge is 2.24. The molecule has 2 aromatic carbocycles. The Kier molecular flexibility index (Phi) is 4.59. The Morgan fingerprint density at radius 2 is 1.87 bits per heavy atom. The number of aromatic nitrogens is 2. The van der Waals surface area contributed by atoms with E-state index in [1.54, 1.807) is 0 Å². The van der Waals surface area contributed by atoms with Crippen molar-refractivity contribution in [1.82, 2.24) is 9.97 Å². The molecule has 0 aliphatic carbocycles. The van der Waals surface area contributed by atoms with Gasteiger partial charge in [-0.05, 0) is 43.2 Å². The van der Waals surface area contributed by atoms with Crippen LogP contribution in [-0.2, 0) is 4.74 Å². The van der Waals surface area contributed by atoms with Crippen molar-refractivity contribution in [2.45, 2.75) is 13.8 Å². The lowest BCUT2D eigenvalue weighted by atomic mass is 10.1. The van der Waals surface area contributed by atoms with Crippen LogP contribution in [0.4, 0.5) is 11.5 Å². The predicted octanol–water partition coefficient (Wildman–Crippen LogP) is 4.08. The van der Waals surface area contributed by atoms with Crippen LogP contribution in [0.25, 0.3) is 22.1 Å². The maximum absolute atomic E-state index is 13.1. The molecule has 3 heterocycles. The number of fused-ring (bicyclic) bond motifs is 3. The van der Waals surface area contributed by atoms with Crippen LogP contribution in [-0.4, -0.2) is 42.2 Å². The van der Waals surface area contributed by atoms with E-state index < -0.39 is 0 Å². The number of amides is 1. The number of nitrogens with one attached hydrogen (secondary N) is 1. The molecule has 30 heavy (non-hydrogen) atoms. The molecule has 0 unspecified atom stereocenters. The van der Waals surface area contributed by atoms with Gasteiger partial charge in [-0.15, -0.1) is 0 Å². The summed E-state index contributed by atoms with van der Waals surface area (Å²) in [4.78, 5) is 24.4. The molecule has 4 aromatic rings. The second kappa shape index (κ2) is 7.42. The number of para-hydroxylation sites is 1. The van der Waals surface area contributed by atoms with Crippen LogP contribution in [0.15, 0.2) is 46.9 Å². The first-order valence-electron chi connectivity index (χ1n) is 10.0. The summed E-state index contributed by atoms with van der Waals surface area (Å²) in [6, 6.07) is 13.6. The Morgan fingerprint density at radius 3 is 2.70 bits per heavy atom. The summed E-state index contributed by atoms with van der Waals surface area (Å²) in [6.45, 7) is 6.53. The first kappa shape index (κ1) is 18.6. The van der Waals surface area contributed by atoms with Crippen LogP contribution in [0.2, 0.25) is 0 Å². The van der Waals surface area contributed by atoms with Crippen molar-refractivity contribution in [3.05, 3.63) is 59.4 Å². The van der Waals surface area contributed by atoms with Crippen molar-refractivity contribution in [2.24, 2.45) is 0 Å². The molecule has 1 saturated heterocycles. The average molecular weight is 402 g/mol. The second-order valence-corrected chi connectivity index (χ2v) is 7.52. The number of aryl methyl sites for hydroxylation is 2. The summed E-state index contributed by atoms with van der Waals surface area (Å²) in [5, 5.41) is 3.83. The predicted molar refractivity (Wildman–Crippen MR) is 116 cm³/mol. The smallest absolute Gasteiger partial charge is 0.293 e. The lowest BCUT2D eigenvalue weighted by molar-refractivity contribution is 0.101. The summed E-state index contributed by atoms with van der Waals surface area (Å²) in [5.41, 5.74) is 4.78. The highest BCUT2D eigenvalue weighted by molar-refractivity contribution is 6.09. The molecule has 1 fully saturated rings. The molecular weight excluding hydrogens is 380 g/mol. The van der Waals surface area contributed by atoms with E-state index in [0.717, 1.165) is 27.8 Å². The van der Waals surface area contributed by atoms with Crippen molar-refractivity contribution in [3.63, 3.8) is 0 Å². The van der Waals surface area contributed by atoms with Gasteiger partial charge in [-0.3, -0.25) is 4.79 Å². The van der Waals surface area contributed by atoms with E-state index in [4.69, 9.17) is 9.15 Å². The minimum Gasteiger partial charge on any atom is -0.450 e. The van der Waals surface area contributed by atoms with E-state index in [2.05, 4.69) is 20.2 Å². The number of carbonyl (C=O) groups excluding carboxylic acids is 1. The van der Waals surface area contributed by atoms with Gasteiger partial charge in [0.25, 0.3) is 5.91 Å². The third kappa shape index (κ3) is 3.27. The fourth-order valence-electron chi connectivity index (χ4n) is 3.72. The maximum Gasteiger partial charge on any atom is 0.293 e. The molecule has 1 aliphatic rings. The summed E-state index contributed by atoms with van der Waals surface area (Å²) >= 11 is 0. The van der Waals surface area contributed by atoms with Crippen molar-refractivity contribution in [2.75, 3.05) is 36.5 Å². The van der Waals surface area contributed by atoms with E-state index in [9.17, 15) is 4.79 Å². The van der Waals surface area contributed by atoms with Crippen molar-refractivity contribution >= 4 is 39.5 Å². The van der Waals surface area contributed by atoms with Gasteiger partial charge in [0.2, 0.25) is 5.82 Å². The van der Waals surface area contributed by atoms with Crippen LogP contribution >= 0.6 is 0 Å². The van der Waals surface area contributed by atoms with Gasteiger partial charge >= 0.3 is 0 Å². The van der Waals surface area contributed by atoms with Crippen molar-refractivity contribution in [3.8, 4) is 0 Å². The van der Waals surface area contributed by atoms with Crippen LogP contribution in [0.5, 0.6) is 0 Å². The lowest BCUT2D eigenvalue weighted by Gasteiger charge is -2.27. The van der Waals surface area contributed by atoms with Crippen LogP contribution in [0.3, 0.4) is 0 Å². The second-order valence-electron chi connectivity index (χ2n) is 7.52. The van der Waals surface area contributed by atoms with E-state index in [1.807, 2.05) is 56.3 Å². The largest absolute Gasteiger partial charge is 0.450 e. The molecule has 5 rings (SSSR count). The van der Waals surface area contributed by atoms with Crippen LogP contribution in [0, 0.1) is 13.8 Å². The molecular formula is C23H22N4O3. The first-order chi connectivity index (χ1) is 14.6. The number of nitrogens with zero attached hydrogens (tertiary/aromatic N) is 3. The quantitative estimate of drug-likeness (QED) is 0.556. The molecule has 7 heteroatoms. The van der Waals surface area contributed by atoms with Gasteiger partial charge in [-0.1, -0.05) is 24.3 Å². The number of rotatable bonds is 3. The molecule has 152 valence electrons. The number of anilines is 2. The third-order valence-electron chi connectivity index (χ3n) is 5.36. The van der Waals surface area contributed by atoms with Gasteiger partial charge in [0, 0.05) is 24.2 Å². The first-order valence-corrected chi connectivity index (χ1v) is 10.0. The Hall–Kier alpha value is -3.45. The zero-order valence-electron chi connectivity index (χ0n) is 16.9. The summed E-state index contributed by atoms with van der Waals surface area (Å²) < 4.78 is 11.6. The van der Waals surface area contributed by atoms with Crippen molar-refractivity contribution < 1.29 is 13.9 Å². The molecule has 0 bridgehead atoms. The number of ether oxygens (including phenoxy) is 1. The normalized spacial score (nSPS) is 14.4. The standard InChI is InChI=1S/C23H22N4O3/c1-14-7-8-15(2)17(13-14)24-23(28)21-25-19-16-5-3-4-6-18(16)30-20(19)22(26-21)27-9-11-29-12-10-27/h3-8,13H,9-12H2,1-2H3,(H,24,28). The fraction of sp³-hybridized carbons (Fsp3) is 0.261. The molecule has 1 aliphatic heterocycles. The number of carbonyl (C=O) groups is 1. The zero-order chi connectivity index (χ0) is 20.7. The Balaban J connectivity index is 1.63. The number of furan rings is 1. The minimum absolute atomic E-state index is 0.122. The highest BCUT2D eigenvalue weighted by Crippen LogP contribution is 2.33. The molecule has 0 saturated carbocycles. The number of morpholine rings is 1. The number of hydrogen-bond donors (Lipinski definition) is 1. The summed E-state index contributed by atoms with van der Waals surface area (Å²) in [6.07, 6.45) is 0. The van der Waals surface area contributed by atoms with Gasteiger partial charge in [-0.2, -0.15) is 0 Å². The molecule has 2 aromatic heterocycles. The number of hydrogen-bond acceptors (Lipinski definition) is 6. The SMILES string of the molecule is Cc1ccc(C)c(NC(=O)c2nc(N3CCOCC3)c3oc4ccccc4c3n2)c1. The lowest BCUT2D eigenvalue weighted by Crippen LogP contribution is -2.37. The average Bonchev–Trinajstić information content (AvgIpc) is 3.15. The fourth-order valence-corrected chi connectivity index (χ4v) is 3.72. The van der Waals surface area contributed by atoms with Crippen LogP contribution in [0.1, 0.15) is 21.7 Å². The zero-order valence-corrected chi connectivity index (χ0v) is 16.9. The molecule has 0 spiro atoms. The molecule has 1 N–H and O–H groups in total. The molecule has 0 atom stereocenters. The van der Waals surface area contributed by atoms with Crippen molar-refractivity contribution in [1.29, 1.82) is 0 Å². The van der Waals surface area contributed by atoms with E-state index in [1.165, 1.54) is 0 Å². The third-order valence-corrected chi connectivity index (χ3v) is 5.36. The maximum atomic E-state index is 13.1. The monoisotopic (exact) mass is 402 g/mol.